The minimum atomic E-state index is -0.710. The number of amides is 2. The fourth-order valence-electron chi connectivity index (χ4n) is 1.66. The number of nitrogens with one attached hydrogen (secondary N) is 2. The Morgan fingerprint density at radius 1 is 1.48 bits per heavy atom. The van der Waals surface area contributed by atoms with Crippen molar-refractivity contribution in [2.24, 2.45) is 0 Å². The number of carbonyl (C=O) groups excluding carboxylic acids is 2. The Balaban J connectivity index is 1.91. The largest absolute Gasteiger partial charge is 0.353 e. The van der Waals surface area contributed by atoms with Gasteiger partial charge in [0.25, 0.3) is 11.6 Å². The minimum absolute atomic E-state index is 0.0165. The van der Waals surface area contributed by atoms with Crippen LogP contribution in [-0.2, 0) is 4.79 Å². The van der Waals surface area contributed by atoms with Crippen molar-refractivity contribution in [3.8, 4) is 0 Å². The molecule has 2 amide bonds. The zero-order valence-corrected chi connectivity index (χ0v) is 11.7. The van der Waals surface area contributed by atoms with Crippen LogP contribution in [0.25, 0.3) is 0 Å². The average Bonchev–Trinajstić information content (AvgIpc) is 3.21. The Morgan fingerprint density at radius 2 is 2.19 bits per heavy atom. The molecule has 0 unspecified atom stereocenters. The predicted octanol–water partition coefficient (Wildman–Crippen LogP) is 1.04. The van der Waals surface area contributed by atoms with Crippen molar-refractivity contribution < 1.29 is 14.5 Å². The average molecular weight is 313 g/mol. The van der Waals surface area contributed by atoms with Crippen molar-refractivity contribution in [1.29, 1.82) is 0 Å². The molecule has 2 N–H and O–H groups in total. The molecule has 1 aliphatic rings. The molecule has 1 aromatic rings. The molecule has 1 heterocycles. The second-order valence-corrected chi connectivity index (χ2v) is 5.02. The van der Waals surface area contributed by atoms with Crippen LogP contribution in [0.4, 0.5) is 5.69 Å². The fraction of sp³-hybridized carbons (Fsp3) is 0.417. The molecule has 0 aliphatic heterocycles. The molecule has 21 heavy (non-hydrogen) atoms. The molecule has 1 fully saturated rings. The first-order chi connectivity index (χ1) is 9.97. The van der Waals surface area contributed by atoms with Gasteiger partial charge in [-0.3, -0.25) is 19.7 Å². The first-order valence-corrected chi connectivity index (χ1v) is 6.72. The number of pyridine rings is 1. The van der Waals surface area contributed by atoms with E-state index in [1.54, 1.807) is 0 Å². The molecule has 0 saturated heterocycles. The molecule has 1 aromatic heterocycles. The lowest BCUT2D eigenvalue weighted by Gasteiger charge is -2.06. The normalized spacial score (nSPS) is 13.6. The summed E-state index contributed by atoms with van der Waals surface area (Å²) in [4.78, 5) is 37.0. The van der Waals surface area contributed by atoms with Gasteiger partial charge in [-0.2, -0.15) is 0 Å². The van der Waals surface area contributed by atoms with E-state index in [1.165, 1.54) is 0 Å². The lowest BCUT2D eigenvalue weighted by Crippen LogP contribution is -2.32. The Hall–Kier alpha value is -2.22. The number of aromatic nitrogens is 1. The Morgan fingerprint density at radius 3 is 2.81 bits per heavy atom. The molecule has 9 heteroatoms. The van der Waals surface area contributed by atoms with Crippen LogP contribution in [0.3, 0.4) is 0 Å². The molecule has 0 spiro atoms. The number of nitrogens with zero attached hydrogens (tertiary/aromatic N) is 2. The zero-order chi connectivity index (χ0) is 15.4. The molecular formula is C12H13ClN4O4. The molecule has 2 rings (SSSR count). The summed E-state index contributed by atoms with van der Waals surface area (Å²) < 4.78 is 0. The van der Waals surface area contributed by atoms with Gasteiger partial charge in [0.05, 0.1) is 4.92 Å². The molecule has 0 atom stereocenters. The van der Waals surface area contributed by atoms with Gasteiger partial charge >= 0.3 is 0 Å². The standard InChI is InChI=1S/C12H13ClN4O4/c13-10-5-8(9(6-15-10)17(20)21)12(19)14-4-3-11(18)16-7-1-2-7/h5-7H,1-4H2,(H,14,19)(H,16,18). The van der Waals surface area contributed by atoms with Crippen LogP contribution in [0, 0.1) is 10.1 Å². The van der Waals surface area contributed by atoms with Crippen LogP contribution < -0.4 is 10.6 Å². The second-order valence-electron chi connectivity index (χ2n) is 4.63. The summed E-state index contributed by atoms with van der Waals surface area (Å²) in [6, 6.07) is 1.38. The topological polar surface area (TPSA) is 114 Å². The van der Waals surface area contributed by atoms with Gasteiger partial charge < -0.3 is 10.6 Å². The highest BCUT2D eigenvalue weighted by Gasteiger charge is 2.24. The molecule has 1 aliphatic carbocycles. The first kappa shape index (κ1) is 15.2. The van der Waals surface area contributed by atoms with Gasteiger partial charge in [-0.05, 0) is 18.9 Å². The highest BCUT2D eigenvalue weighted by Crippen LogP contribution is 2.20. The summed E-state index contributed by atoms with van der Waals surface area (Å²) >= 11 is 5.64. The van der Waals surface area contributed by atoms with Crippen molar-refractivity contribution in [1.82, 2.24) is 15.6 Å². The van der Waals surface area contributed by atoms with Gasteiger partial charge in [0, 0.05) is 19.0 Å². The van der Waals surface area contributed by atoms with E-state index in [1.807, 2.05) is 0 Å². The van der Waals surface area contributed by atoms with Crippen molar-refractivity contribution in [3.63, 3.8) is 0 Å². The van der Waals surface area contributed by atoms with E-state index in [2.05, 4.69) is 15.6 Å². The van der Waals surface area contributed by atoms with E-state index in [9.17, 15) is 19.7 Å². The van der Waals surface area contributed by atoms with E-state index < -0.39 is 16.5 Å². The van der Waals surface area contributed by atoms with Gasteiger partial charge in [-0.15, -0.1) is 0 Å². The summed E-state index contributed by atoms with van der Waals surface area (Å²) in [7, 11) is 0. The highest BCUT2D eigenvalue weighted by molar-refractivity contribution is 6.29. The van der Waals surface area contributed by atoms with Gasteiger partial charge in [-0.1, -0.05) is 11.6 Å². The van der Waals surface area contributed by atoms with E-state index in [0.717, 1.165) is 25.1 Å². The zero-order valence-electron chi connectivity index (χ0n) is 11.0. The van der Waals surface area contributed by atoms with Gasteiger partial charge in [0.2, 0.25) is 5.91 Å². The van der Waals surface area contributed by atoms with E-state index in [-0.39, 0.29) is 35.6 Å². The summed E-state index contributed by atoms with van der Waals surface area (Å²) in [5.41, 5.74) is -0.609. The summed E-state index contributed by atoms with van der Waals surface area (Å²) in [6.07, 6.45) is 3.02. The molecule has 0 aromatic carbocycles. The SMILES string of the molecule is O=C(CCNC(=O)c1cc(Cl)ncc1[N+](=O)[O-])NC1CC1. The van der Waals surface area contributed by atoms with Gasteiger partial charge in [0.1, 0.15) is 16.9 Å². The molecule has 8 nitrogen and oxygen atoms in total. The minimum Gasteiger partial charge on any atom is -0.353 e. The summed E-state index contributed by atoms with van der Waals surface area (Å²) in [5.74, 6) is -0.815. The molecule has 1 saturated carbocycles. The van der Waals surface area contributed by atoms with E-state index in [0.29, 0.717) is 0 Å². The number of hydrogen-bond acceptors (Lipinski definition) is 5. The lowest BCUT2D eigenvalue weighted by atomic mass is 10.2. The van der Waals surface area contributed by atoms with Crippen molar-refractivity contribution in [3.05, 3.63) is 33.1 Å². The molecule has 0 radical (unpaired) electrons. The quantitative estimate of drug-likeness (QED) is 0.463. The van der Waals surface area contributed by atoms with Crippen LogP contribution >= 0.6 is 11.6 Å². The van der Waals surface area contributed by atoms with Crippen molar-refractivity contribution >= 4 is 29.1 Å². The lowest BCUT2D eigenvalue weighted by molar-refractivity contribution is -0.385. The van der Waals surface area contributed by atoms with Crippen LogP contribution in [0.15, 0.2) is 12.3 Å². The third-order valence-electron chi connectivity index (χ3n) is 2.87. The summed E-state index contributed by atoms with van der Waals surface area (Å²) in [5, 5.41) is 16.0. The number of halogens is 1. The maximum Gasteiger partial charge on any atom is 0.300 e. The van der Waals surface area contributed by atoms with Crippen LogP contribution in [0.1, 0.15) is 29.6 Å². The fourth-order valence-corrected chi connectivity index (χ4v) is 1.82. The maximum absolute atomic E-state index is 11.9. The number of rotatable bonds is 6. The number of hydrogen-bond donors (Lipinski definition) is 2. The summed E-state index contributed by atoms with van der Waals surface area (Å²) in [6.45, 7) is 0.0917. The van der Waals surface area contributed by atoms with Crippen LogP contribution in [-0.4, -0.2) is 34.3 Å². The van der Waals surface area contributed by atoms with E-state index in [4.69, 9.17) is 11.6 Å². The third kappa shape index (κ3) is 4.38. The predicted molar refractivity (Wildman–Crippen MR) is 74.0 cm³/mol. The molecular weight excluding hydrogens is 300 g/mol. The first-order valence-electron chi connectivity index (χ1n) is 6.35. The monoisotopic (exact) mass is 312 g/mol. The van der Waals surface area contributed by atoms with Crippen LogP contribution in [0.5, 0.6) is 0 Å². The van der Waals surface area contributed by atoms with Crippen molar-refractivity contribution in [2.45, 2.75) is 25.3 Å². The molecule has 0 bridgehead atoms. The smallest absolute Gasteiger partial charge is 0.300 e. The van der Waals surface area contributed by atoms with Gasteiger partial charge in [-0.25, -0.2) is 4.98 Å². The Labute approximate surface area is 125 Å². The number of carbonyl (C=O) groups is 2. The van der Waals surface area contributed by atoms with E-state index >= 15 is 0 Å². The van der Waals surface area contributed by atoms with Crippen LogP contribution in [0.2, 0.25) is 5.15 Å². The highest BCUT2D eigenvalue weighted by atomic mass is 35.5. The second kappa shape index (κ2) is 6.49. The maximum atomic E-state index is 11.9. The molecule has 112 valence electrons. The Kier molecular flexibility index (Phi) is 4.69. The van der Waals surface area contributed by atoms with Crippen molar-refractivity contribution in [2.75, 3.05) is 6.54 Å². The Bertz CT molecular complexity index is 589. The van der Waals surface area contributed by atoms with Gasteiger partial charge in [0.15, 0.2) is 0 Å². The number of nitro groups is 1. The third-order valence-corrected chi connectivity index (χ3v) is 3.08.